The van der Waals surface area contributed by atoms with E-state index in [0.717, 1.165) is 36.0 Å². The van der Waals surface area contributed by atoms with Crippen LogP contribution in [0.2, 0.25) is 0 Å². The number of aryl methyl sites for hydroxylation is 1. The van der Waals surface area contributed by atoms with Gasteiger partial charge in [-0.1, -0.05) is 36.4 Å². The van der Waals surface area contributed by atoms with Gasteiger partial charge in [-0.15, -0.1) is 0 Å². The van der Waals surface area contributed by atoms with Crippen molar-refractivity contribution in [1.29, 1.82) is 0 Å². The summed E-state index contributed by atoms with van der Waals surface area (Å²) >= 11 is 0. The van der Waals surface area contributed by atoms with Gasteiger partial charge in [-0.05, 0) is 49.6 Å². The first-order chi connectivity index (χ1) is 14.9. The van der Waals surface area contributed by atoms with E-state index in [1.165, 1.54) is 16.7 Å². The molecule has 2 aromatic heterocycles. The lowest BCUT2D eigenvalue weighted by Crippen LogP contribution is -2.24. The van der Waals surface area contributed by atoms with Crippen molar-refractivity contribution in [2.45, 2.75) is 20.3 Å². The fourth-order valence-corrected chi connectivity index (χ4v) is 3.21. The lowest BCUT2D eigenvalue weighted by molar-refractivity contribution is 0.833. The summed E-state index contributed by atoms with van der Waals surface area (Å²) in [4.78, 5) is 16.9. The van der Waals surface area contributed by atoms with Crippen LogP contribution in [-0.2, 0) is 6.42 Å². The van der Waals surface area contributed by atoms with Crippen LogP contribution in [0.4, 0.5) is 23.3 Å². The minimum Gasteiger partial charge on any atom is -0.363 e. The van der Waals surface area contributed by atoms with Gasteiger partial charge in [0.05, 0.1) is 0 Å². The van der Waals surface area contributed by atoms with E-state index in [9.17, 15) is 0 Å². The Kier molecular flexibility index (Phi) is 7.13. The molecule has 2 N–H and O–H groups in total. The zero-order valence-electron chi connectivity index (χ0n) is 19.1. The number of hydrogen-bond donors (Lipinski definition) is 2. The highest BCUT2D eigenvalue weighted by atomic mass is 15.3. The molecule has 0 unspecified atom stereocenters. The van der Waals surface area contributed by atoms with Crippen molar-refractivity contribution in [3.63, 3.8) is 0 Å². The summed E-state index contributed by atoms with van der Waals surface area (Å²) < 4.78 is 0. The summed E-state index contributed by atoms with van der Waals surface area (Å²) in [6.45, 7) is 8.76. The van der Waals surface area contributed by atoms with E-state index in [-0.39, 0.29) is 0 Å². The van der Waals surface area contributed by atoms with E-state index in [2.05, 4.69) is 66.1 Å². The number of rotatable bonds is 9. The number of allylic oxidation sites excluding steroid dienone is 2. The van der Waals surface area contributed by atoms with Gasteiger partial charge in [-0.2, -0.15) is 9.97 Å². The smallest absolute Gasteiger partial charge is 0.229 e. The lowest BCUT2D eigenvalue weighted by Gasteiger charge is -2.21. The minimum atomic E-state index is 0.695. The Hall–Kier alpha value is -3.54. The lowest BCUT2D eigenvalue weighted by atomic mass is 10.1. The van der Waals surface area contributed by atoms with Gasteiger partial charge in [0.25, 0.3) is 0 Å². The average molecular weight is 417 g/mol. The van der Waals surface area contributed by atoms with Crippen molar-refractivity contribution >= 4 is 29.3 Å². The van der Waals surface area contributed by atoms with Gasteiger partial charge < -0.3 is 20.1 Å². The van der Waals surface area contributed by atoms with E-state index in [1.807, 2.05) is 44.3 Å². The number of aromatic amines is 1. The van der Waals surface area contributed by atoms with Crippen molar-refractivity contribution in [2.75, 3.05) is 42.8 Å². The molecule has 0 aliphatic rings. The standard InChI is InChI=1S/C25H32N6/c1-7-8-9-22-19(3)20(17-26-22)14-15-31(6)25-28-23(16-24(29-25)30(4)5)27-21-12-10-18(2)11-13-21/h7-13,16-17,26H,1,14-15H2,2-6H3,(H,27,28,29)/b9-8-. The highest BCUT2D eigenvalue weighted by molar-refractivity contribution is 5.62. The molecule has 0 saturated carbocycles. The summed E-state index contributed by atoms with van der Waals surface area (Å²) in [7, 11) is 6.01. The zero-order valence-corrected chi connectivity index (χ0v) is 19.1. The van der Waals surface area contributed by atoms with E-state index in [4.69, 9.17) is 9.97 Å². The van der Waals surface area contributed by atoms with Crippen LogP contribution in [-0.4, -0.2) is 42.6 Å². The Morgan fingerprint density at radius 3 is 2.52 bits per heavy atom. The average Bonchev–Trinajstić information content (AvgIpc) is 3.11. The zero-order chi connectivity index (χ0) is 22.4. The van der Waals surface area contributed by atoms with Crippen molar-refractivity contribution in [3.8, 4) is 0 Å². The van der Waals surface area contributed by atoms with Crippen molar-refractivity contribution in [2.24, 2.45) is 0 Å². The minimum absolute atomic E-state index is 0.695. The van der Waals surface area contributed by atoms with Crippen LogP contribution in [0.5, 0.6) is 0 Å². The number of nitrogens with one attached hydrogen (secondary N) is 2. The molecule has 6 nitrogen and oxygen atoms in total. The second-order valence-electron chi connectivity index (χ2n) is 7.92. The van der Waals surface area contributed by atoms with Gasteiger partial charge in [-0.3, -0.25) is 0 Å². The summed E-state index contributed by atoms with van der Waals surface area (Å²) in [5.41, 5.74) is 5.90. The number of hydrogen-bond acceptors (Lipinski definition) is 5. The third-order valence-corrected chi connectivity index (χ3v) is 5.23. The van der Waals surface area contributed by atoms with Crippen LogP contribution < -0.4 is 15.1 Å². The number of aromatic nitrogens is 3. The Bertz CT molecular complexity index is 1050. The first-order valence-electron chi connectivity index (χ1n) is 10.4. The normalized spacial score (nSPS) is 11.0. The van der Waals surface area contributed by atoms with Crippen LogP contribution in [0.1, 0.15) is 22.4 Å². The third-order valence-electron chi connectivity index (χ3n) is 5.23. The first-order valence-corrected chi connectivity index (χ1v) is 10.4. The monoisotopic (exact) mass is 416 g/mol. The fraction of sp³-hybridized carbons (Fsp3) is 0.280. The quantitative estimate of drug-likeness (QED) is 0.475. The number of likely N-dealkylation sites (N-methyl/N-ethyl adjacent to an activating group) is 1. The molecule has 0 aliphatic carbocycles. The number of anilines is 4. The molecular formula is C25H32N6. The Morgan fingerprint density at radius 1 is 1.10 bits per heavy atom. The Labute approximate surface area is 185 Å². The number of nitrogens with zero attached hydrogens (tertiary/aromatic N) is 4. The number of benzene rings is 1. The van der Waals surface area contributed by atoms with Crippen molar-refractivity contribution in [3.05, 3.63) is 77.6 Å². The van der Waals surface area contributed by atoms with Crippen LogP contribution in [0.25, 0.3) is 6.08 Å². The maximum atomic E-state index is 4.76. The second kappa shape index (κ2) is 9.98. The molecule has 6 heteroatoms. The molecule has 0 fully saturated rings. The van der Waals surface area contributed by atoms with Crippen molar-refractivity contribution < 1.29 is 0 Å². The molecular weight excluding hydrogens is 384 g/mol. The third kappa shape index (κ3) is 5.75. The van der Waals surface area contributed by atoms with Gasteiger partial charge in [0.2, 0.25) is 5.95 Å². The molecule has 0 atom stereocenters. The molecule has 162 valence electrons. The molecule has 0 amide bonds. The molecule has 0 aliphatic heterocycles. The molecule has 3 rings (SSSR count). The van der Waals surface area contributed by atoms with Gasteiger partial charge in [0, 0.05) is 51.3 Å². The van der Waals surface area contributed by atoms with E-state index >= 15 is 0 Å². The molecule has 0 spiro atoms. The van der Waals surface area contributed by atoms with E-state index in [0.29, 0.717) is 5.95 Å². The largest absolute Gasteiger partial charge is 0.363 e. The summed E-state index contributed by atoms with van der Waals surface area (Å²) in [5.74, 6) is 2.33. The van der Waals surface area contributed by atoms with Crippen molar-refractivity contribution in [1.82, 2.24) is 15.0 Å². The SMILES string of the molecule is C=C/C=C\c1[nH]cc(CCN(C)c2nc(Nc3ccc(C)cc3)cc(N(C)C)n2)c1C. The van der Waals surface area contributed by atoms with Crippen LogP contribution in [0.3, 0.4) is 0 Å². The van der Waals surface area contributed by atoms with Crippen LogP contribution >= 0.6 is 0 Å². The van der Waals surface area contributed by atoms with Gasteiger partial charge in [0.1, 0.15) is 11.6 Å². The van der Waals surface area contributed by atoms with E-state index in [1.54, 1.807) is 6.08 Å². The Morgan fingerprint density at radius 2 is 1.84 bits per heavy atom. The highest BCUT2D eigenvalue weighted by Crippen LogP contribution is 2.23. The molecule has 0 saturated heterocycles. The molecule has 3 aromatic rings. The predicted molar refractivity (Wildman–Crippen MR) is 133 cm³/mol. The summed E-state index contributed by atoms with van der Waals surface area (Å²) in [6, 6.07) is 10.3. The second-order valence-corrected chi connectivity index (χ2v) is 7.92. The Balaban J connectivity index is 1.76. The number of H-pyrrole nitrogens is 1. The molecule has 31 heavy (non-hydrogen) atoms. The topological polar surface area (TPSA) is 60.1 Å². The molecule has 0 radical (unpaired) electrons. The van der Waals surface area contributed by atoms with Gasteiger partial charge in [-0.25, -0.2) is 0 Å². The van der Waals surface area contributed by atoms with E-state index < -0.39 is 0 Å². The molecule has 2 heterocycles. The van der Waals surface area contributed by atoms with Gasteiger partial charge >= 0.3 is 0 Å². The molecule has 1 aromatic carbocycles. The predicted octanol–water partition coefficient (Wildman–Crippen LogP) is 5.11. The summed E-state index contributed by atoms with van der Waals surface area (Å²) in [5, 5.41) is 3.40. The van der Waals surface area contributed by atoms with Crippen LogP contribution in [0.15, 0.2) is 55.3 Å². The first kappa shape index (κ1) is 22.2. The maximum absolute atomic E-state index is 4.76. The maximum Gasteiger partial charge on any atom is 0.229 e. The van der Waals surface area contributed by atoms with Gasteiger partial charge in [0.15, 0.2) is 0 Å². The molecule has 0 bridgehead atoms. The fourth-order valence-electron chi connectivity index (χ4n) is 3.21. The van der Waals surface area contributed by atoms with Crippen LogP contribution in [0, 0.1) is 13.8 Å². The highest BCUT2D eigenvalue weighted by Gasteiger charge is 2.12. The summed E-state index contributed by atoms with van der Waals surface area (Å²) in [6.07, 6.45) is 8.75.